The first-order chi connectivity index (χ1) is 9.61. The Labute approximate surface area is 121 Å². The Hall–Kier alpha value is -1.55. The third-order valence-corrected chi connectivity index (χ3v) is 3.81. The monoisotopic (exact) mass is 276 g/mol. The summed E-state index contributed by atoms with van der Waals surface area (Å²) in [6.45, 7) is 4.41. The Kier molecular flexibility index (Phi) is 5.01. The van der Waals surface area contributed by atoms with Crippen molar-refractivity contribution in [2.45, 2.75) is 19.8 Å². The summed E-state index contributed by atoms with van der Waals surface area (Å²) in [6, 6.07) is 5.88. The van der Waals surface area contributed by atoms with Crippen LogP contribution in [0.4, 0.5) is 5.69 Å². The molecule has 1 N–H and O–H groups in total. The summed E-state index contributed by atoms with van der Waals surface area (Å²) >= 11 is 0. The van der Waals surface area contributed by atoms with Gasteiger partial charge in [-0.15, -0.1) is 0 Å². The van der Waals surface area contributed by atoms with Gasteiger partial charge in [-0.1, -0.05) is 6.07 Å². The van der Waals surface area contributed by atoms with Crippen molar-refractivity contribution in [2.75, 3.05) is 39.2 Å². The van der Waals surface area contributed by atoms with E-state index in [1.165, 1.54) is 0 Å². The number of carbonyl (C=O) groups is 1. The quantitative estimate of drug-likeness (QED) is 0.919. The Bertz CT molecular complexity index is 468. The first-order valence-corrected chi connectivity index (χ1v) is 7.23. The van der Waals surface area contributed by atoms with Crippen LogP contribution < -0.4 is 5.32 Å². The molecule has 110 valence electrons. The highest BCUT2D eigenvalue weighted by Gasteiger charge is 2.21. The van der Waals surface area contributed by atoms with Crippen LogP contribution in [0.1, 0.15) is 28.8 Å². The average Bonchev–Trinajstić information content (AvgIpc) is 2.47. The van der Waals surface area contributed by atoms with Gasteiger partial charge in [-0.25, -0.2) is 0 Å². The van der Waals surface area contributed by atoms with Crippen LogP contribution in [0.15, 0.2) is 18.2 Å². The SMILES string of the molecule is CNc1cc(C)ccc1C(=O)N(C)CC1CCCOC1. The number of hydrogen-bond acceptors (Lipinski definition) is 3. The van der Waals surface area contributed by atoms with Gasteiger partial charge in [0, 0.05) is 32.9 Å². The summed E-state index contributed by atoms with van der Waals surface area (Å²) in [7, 11) is 3.72. The van der Waals surface area contributed by atoms with Crippen LogP contribution in [0, 0.1) is 12.8 Å². The Morgan fingerprint density at radius 2 is 2.30 bits per heavy atom. The van der Waals surface area contributed by atoms with E-state index in [4.69, 9.17) is 4.74 Å². The van der Waals surface area contributed by atoms with Gasteiger partial charge in [0.1, 0.15) is 0 Å². The van der Waals surface area contributed by atoms with E-state index in [0.717, 1.165) is 49.4 Å². The summed E-state index contributed by atoms with van der Waals surface area (Å²) in [6.07, 6.45) is 2.24. The van der Waals surface area contributed by atoms with Crippen LogP contribution in [-0.2, 0) is 4.74 Å². The lowest BCUT2D eigenvalue weighted by Gasteiger charge is -2.27. The van der Waals surface area contributed by atoms with E-state index in [2.05, 4.69) is 5.32 Å². The smallest absolute Gasteiger partial charge is 0.255 e. The molecule has 1 atom stereocenters. The van der Waals surface area contributed by atoms with Crippen LogP contribution in [0.2, 0.25) is 0 Å². The minimum atomic E-state index is 0.0694. The molecule has 1 aliphatic heterocycles. The Morgan fingerprint density at radius 1 is 1.50 bits per heavy atom. The summed E-state index contributed by atoms with van der Waals surface area (Å²) in [5, 5.41) is 3.10. The highest BCUT2D eigenvalue weighted by molar-refractivity contribution is 5.99. The van der Waals surface area contributed by atoms with Gasteiger partial charge in [-0.2, -0.15) is 0 Å². The Balaban J connectivity index is 2.05. The fourth-order valence-electron chi connectivity index (χ4n) is 2.68. The largest absolute Gasteiger partial charge is 0.387 e. The van der Waals surface area contributed by atoms with E-state index < -0.39 is 0 Å². The van der Waals surface area contributed by atoms with Crippen LogP contribution in [-0.4, -0.2) is 44.7 Å². The van der Waals surface area contributed by atoms with Crippen molar-refractivity contribution >= 4 is 11.6 Å². The molecule has 0 spiro atoms. The first kappa shape index (κ1) is 14.9. The lowest BCUT2D eigenvalue weighted by atomic mass is 10.0. The van der Waals surface area contributed by atoms with Crippen LogP contribution in [0.5, 0.6) is 0 Å². The number of benzene rings is 1. The average molecular weight is 276 g/mol. The Morgan fingerprint density at radius 3 is 2.95 bits per heavy atom. The van der Waals surface area contributed by atoms with Gasteiger partial charge in [0.2, 0.25) is 0 Å². The number of carbonyl (C=O) groups excluding carboxylic acids is 1. The summed E-state index contributed by atoms with van der Waals surface area (Å²) < 4.78 is 5.48. The molecule has 1 unspecified atom stereocenters. The zero-order valence-corrected chi connectivity index (χ0v) is 12.6. The molecule has 4 heteroatoms. The minimum Gasteiger partial charge on any atom is -0.387 e. The molecule has 20 heavy (non-hydrogen) atoms. The van der Waals surface area contributed by atoms with E-state index in [-0.39, 0.29) is 5.91 Å². The fourth-order valence-corrected chi connectivity index (χ4v) is 2.68. The molecule has 1 amide bonds. The molecule has 0 saturated carbocycles. The summed E-state index contributed by atoms with van der Waals surface area (Å²) in [4.78, 5) is 14.4. The number of nitrogens with zero attached hydrogens (tertiary/aromatic N) is 1. The summed E-state index contributed by atoms with van der Waals surface area (Å²) in [5.74, 6) is 0.529. The number of aryl methyl sites for hydroxylation is 1. The number of ether oxygens (including phenoxy) is 1. The van der Waals surface area contributed by atoms with Gasteiger partial charge in [-0.05, 0) is 43.4 Å². The zero-order valence-electron chi connectivity index (χ0n) is 12.6. The first-order valence-electron chi connectivity index (χ1n) is 7.23. The third-order valence-electron chi connectivity index (χ3n) is 3.81. The van der Waals surface area contributed by atoms with E-state index in [1.807, 2.05) is 44.1 Å². The van der Waals surface area contributed by atoms with Crippen molar-refractivity contribution in [3.63, 3.8) is 0 Å². The fraction of sp³-hybridized carbons (Fsp3) is 0.562. The third kappa shape index (κ3) is 3.51. The predicted molar refractivity (Wildman–Crippen MR) is 81.2 cm³/mol. The predicted octanol–water partition coefficient (Wildman–Crippen LogP) is 2.54. The van der Waals surface area contributed by atoms with Gasteiger partial charge >= 0.3 is 0 Å². The molecule has 1 aliphatic rings. The van der Waals surface area contributed by atoms with Crippen LogP contribution >= 0.6 is 0 Å². The minimum absolute atomic E-state index is 0.0694. The molecular formula is C16H24N2O2. The van der Waals surface area contributed by atoms with Gasteiger partial charge in [-0.3, -0.25) is 4.79 Å². The maximum absolute atomic E-state index is 12.6. The van der Waals surface area contributed by atoms with E-state index in [1.54, 1.807) is 0 Å². The van der Waals surface area contributed by atoms with Crippen molar-refractivity contribution in [2.24, 2.45) is 5.92 Å². The van der Waals surface area contributed by atoms with E-state index >= 15 is 0 Å². The molecule has 0 aromatic heterocycles. The normalized spacial score (nSPS) is 18.6. The van der Waals surface area contributed by atoms with Crippen molar-refractivity contribution < 1.29 is 9.53 Å². The molecule has 2 rings (SSSR count). The second kappa shape index (κ2) is 6.75. The lowest BCUT2D eigenvalue weighted by molar-refractivity contribution is 0.0389. The second-order valence-electron chi connectivity index (χ2n) is 5.57. The van der Waals surface area contributed by atoms with Gasteiger partial charge < -0.3 is 15.0 Å². The molecule has 1 heterocycles. The van der Waals surface area contributed by atoms with Crippen molar-refractivity contribution in [1.29, 1.82) is 0 Å². The van der Waals surface area contributed by atoms with Gasteiger partial charge in [0.05, 0.1) is 12.2 Å². The number of anilines is 1. The molecule has 1 saturated heterocycles. The lowest BCUT2D eigenvalue weighted by Crippen LogP contribution is -2.35. The van der Waals surface area contributed by atoms with Crippen molar-refractivity contribution in [3.05, 3.63) is 29.3 Å². The second-order valence-corrected chi connectivity index (χ2v) is 5.57. The maximum atomic E-state index is 12.6. The highest BCUT2D eigenvalue weighted by atomic mass is 16.5. The summed E-state index contributed by atoms with van der Waals surface area (Å²) in [5.41, 5.74) is 2.77. The number of hydrogen-bond donors (Lipinski definition) is 1. The van der Waals surface area contributed by atoms with Gasteiger partial charge in [0.25, 0.3) is 5.91 Å². The molecular weight excluding hydrogens is 252 g/mol. The van der Waals surface area contributed by atoms with E-state index in [0.29, 0.717) is 5.92 Å². The van der Waals surface area contributed by atoms with Gasteiger partial charge in [0.15, 0.2) is 0 Å². The molecule has 1 fully saturated rings. The molecule has 4 nitrogen and oxygen atoms in total. The number of rotatable bonds is 4. The number of amides is 1. The topological polar surface area (TPSA) is 41.6 Å². The molecule has 0 aliphatic carbocycles. The van der Waals surface area contributed by atoms with Crippen molar-refractivity contribution in [3.8, 4) is 0 Å². The maximum Gasteiger partial charge on any atom is 0.255 e. The van der Waals surface area contributed by atoms with Crippen molar-refractivity contribution in [1.82, 2.24) is 4.90 Å². The van der Waals surface area contributed by atoms with E-state index in [9.17, 15) is 4.79 Å². The highest BCUT2D eigenvalue weighted by Crippen LogP contribution is 2.20. The zero-order chi connectivity index (χ0) is 14.5. The van der Waals surface area contributed by atoms with Crippen LogP contribution in [0.3, 0.4) is 0 Å². The molecule has 1 aromatic rings. The molecule has 1 aromatic carbocycles. The molecule has 0 radical (unpaired) electrons. The number of nitrogens with one attached hydrogen (secondary N) is 1. The standard InChI is InChI=1S/C16H24N2O2/c1-12-6-7-14(15(9-12)17-2)16(19)18(3)10-13-5-4-8-20-11-13/h6-7,9,13,17H,4-5,8,10-11H2,1-3H3. The van der Waals surface area contributed by atoms with Crippen LogP contribution in [0.25, 0.3) is 0 Å². The molecule has 0 bridgehead atoms.